The van der Waals surface area contributed by atoms with Crippen LogP contribution in [-0.4, -0.2) is 17.1 Å². The minimum absolute atomic E-state index is 0.261. The van der Waals surface area contributed by atoms with Gasteiger partial charge in [0.2, 0.25) is 0 Å². The van der Waals surface area contributed by atoms with Gasteiger partial charge in [-0.1, -0.05) is 0 Å². The van der Waals surface area contributed by atoms with Crippen molar-refractivity contribution < 1.29 is 4.79 Å². The van der Waals surface area contributed by atoms with Crippen molar-refractivity contribution >= 4 is 44.2 Å². The molecule has 3 aromatic heterocycles. The van der Waals surface area contributed by atoms with E-state index in [0.717, 1.165) is 4.88 Å². The fourth-order valence-corrected chi connectivity index (χ4v) is 3.56. The molecule has 0 saturated carbocycles. The topological polar surface area (TPSA) is 54.4 Å². The number of hydrazone groups is 1. The summed E-state index contributed by atoms with van der Waals surface area (Å²) in [6, 6.07) is 7.55. The van der Waals surface area contributed by atoms with Gasteiger partial charge in [0, 0.05) is 26.7 Å². The van der Waals surface area contributed by atoms with Crippen molar-refractivity contribution in [3.8, 4) is 0 Å². The maximum absolute atomic E-state index is 11.7. The van der Waals surface area contributed by atoms with E-state index in [2.05, 4.69) is 33.0 Å². The number of aromatic nitrogens is 1. The Morgan fingerprint density at radius 1 is 1.37 bits per heavy atom. The van der Waals surface area contributed by atoms with Gasteiger partial charge >= 0.3 is 0 Å². The molecule has 6 heteroatoms. The van der Waals surface area contributed by atoms with Gasteiger partial charge in [-0.25, -0.2) is 5.43 Å². The number of rotatable bonds is 3. The smallest absolute Gasteiger partial charge is 0.267 e. The SMILES string of the molecule is O=C(N/N=C/c1cc2sccc2s1)c1cccnc1. The van der Waals surface area contributed by atoms with Crippen molar-refractivity contribution in [3.63, 3.8) is 0 Å². The largest absolute Gasteiger partial charge is 0.272 e. The van der Waals surface area contributed by atoms with Crippen LogP contribution in [0.3, 0.4) is 0 Å². The Morgan fingerprint density at radius 2 is 2.32 bits per heavy atom. The summed E-state index contributed by atoms with van der Waals surface area (Å²) >= 11 is 3.35. The second kappa shape index (κ2) is 5.29. The maximum atomic E-state index is 11.7. The summed E-state index contributed by atoms with van der Waals surface area (Å²) in [5, 5.41) is 6.02. The van der Waals surface area contributed by atoms with Crippen molar-refractivity contribution in [2.24, 2.45) is 5.10 Å². The van der Waals surface area contributed by atoms with E-state index in [4.69, 9.17) is 0 Å². The number of hydrogen-bond acceptors (Lipinski definition) is 5. The van der Waals surface area contributed by atoms with Gasteiger partial charge in [0.25, 0.3) is 5.91 Å². The van der Waals surface area contributed by atoms with Crippen LogP contribution in [0.2, 0.25) is 0 Å². The third kappa shape index (κ3) is 2.69. The first kappa shape index (κ1) is 12.0. The number of nitrogens with zero attached hydrogens (tertiary/aromatic N) is 2. The Labute approximate surface area is 117 Å². The summed E-state index contributed by atoms with van der Waals surface area (Å²) in [6.07, 6.45) is 4.79. The molecule has 3 rings (SSSR count). The number of amides is 1. The standard InChI is InChI=1S/C13H9N3OS2/c17-13(9-2-1-4-14-7-9)16-15-8-10-6-12-11(19-10)3-5-18-12/h1-8H,(H,16,17)/b15-8+. The molecule has 0 aliphatic carbocycles. The molecule has 0 unspecified atom stereocenters. The molecular formula is C13H9N3OS2. The molecule has 1 N–H and O–H groups in total. The zero-order valence-electron chi connectivity index (χ0n) is 9.74. The van der Waals surface area contributed by atoms with Crippen LogP contribution in [-0.2, 0) is 0 Å². The predicted molar refractivity (Wildman–Crippen MR) is 79.0 cm³/mol. The highest BCUT2D eigenvalue weighted by Gasteiger charge is 2.03. The summed E-state index contributed by atoms with van der Waals surface area (Å²) in [5.74, 6) is -0.261. The number of carbonyl (C=O) groups is 1. The van der Waals surface area contributed by atoms with Crippen LogP contribution >= 0.6 is 22.7 Å². The first-order valence-corrected chi connectivity index (χ1v) is 7.23. The van der Waals surface area contributed by atoms with Crippen LogP contribution in [0.1, 0.15) is 15.2 Å². The zero-order valence-corrected chi connectivity index (χ0v) is 11.4. The summed E-state index contributed by atoms with van der Waals surface area (Å²) in [6.45, 7) is 0. The maximum Gasteiger partial charge on any atom is 0.272 e. The lowest BCUT2D eigenvalue weighted by Gasteiger charge is -1.97. The third-order valence-corrected chi connectivity index (χ3v) is 4.47. The summed E-state index contributed by atoms with van der Waals surface area (Å²) in [4.78, 5) is 16.6. The average Bonchev–Trinajstić information content (AvgIpc) is 3.00. The second-order valence-electron chi connectivity index (χ2n) is 3.74. The molecule has 0 atom stereocenters. The van der Waals surface area contributed by atoms with Crippen molar-refractivity contribution in [2.75, 3.05) is 0 Å². The molecule has 3 heterocycles. The van der Waals surface area contributed by atoms with Gasteiger partial charge in [-0.2, -0.15) is 5.10 Å². The molecule has 0 aromatic carbocycles. The van der Waals surface area contributed by atoms with Gasteiger partial charge < -0.3 is 0 Å². The van der Waals surface area contributed by atoms with Crippen molar-refractivity contribution in [2.45, 2.75) is 0 Å². The molecule has 3 aromatic rings. The first-order valence-electron chi connectivity index (χ1n) is 5.53. The molecule has 0 spiro atoms. The van der Waals surface area contributed by atoms with E-state index in [1.165, 1.54) is 15.6 Å². The highest BCUT2D eigenvalue weighted by molar-refractivity contribution is 7.27. The number of fused-ring (bicyclic) bond motifs is 1. The van der Waals surface area contributed by atoms with Crippen molar-refractivity contribution in [3.05, 3.63) is 52.5 Å². The molecular weight excluding hydrogens is 278 g/mol. The molecule has 4 nitrogen and oxygen atoms in total. The van der Waals surface area contributed by atoms with Crippen LogP contribution < -0.4 is 5.43 Å². The minimum atomic E-state index is -0.261. The summed E-state index contributed by atoms with van der Waals surface area (Å²) in [5.41, 5.74) is 2.98. The Bertz CT molecular complexity index is 702. The second-order valence-corrected chi connectivity index (χ2v) is 5.80. The van der Waals surface area contributed by atoms with E-state index in [-0.39, 0.29) is 5.91 Å². The molecule has 0 saturated heterocycles. The Kier molecular flexibility index (Phi) is 3.35. The molecule has 1 amide bonds. The lowest BCUT2D eigenvalue weighted by Crippen LogP contribution is -2.17. The lowest BCUT2D eigenvalue weighted by atomic mass is 10.3. The van der Waals surface area contributed by atoms with E-state index in [1.54, 1.807) is 47.2 Å². The van der Waals surface area contributed by atoms with E-state index in [1.807, 2.05) is 0 Å². The zero-order chi connectivity index (χ0) is 13.1. The van der Waals surface area contributed by atoms with Crippen LogP contribution in [0.25, 0.3) is 9.40 Å². The molecule has 0 radical (unpaired) electrons. The quantitative estimate of drug-likeness (QED) is 0.594. The molecule has 19 heavy (non-hydrogen) atoms. The normalized spacial score (nSPS) is 11.2. The molecule has 94 valence electrons. The Balaban J connectivity index is 1.67. The monoisotopic (exact) mass is 287 g/mol. The third-order valence-electron chi connectivity index (χ3n) is 2.44. The highest BCUT2D eigenvalue weighted by atomic mass is 32.1. The summed E-state index contributed by atoms with van der Waals surface area (Å²) in [7, 11) is 0. The van der Waals surface area contributed by atoms with Gasteiger partial charge in [-0.05, 0) is 29.6 Å². The number of pyridine rings is 1. The van der Waals surface area contributed by atoms with Crippen molar-refractivity contribution in [1.29, 1.82) is 0 Å². The minimum Gasteiger partial charge on any atom is -0.267 e. The van der Waals surface area contributed by atoms with Gasteiger partial charge in [0.15, 0.2) is 0 Å². The van der Waals surface area contributed by atoms with Crippen LogP contribution in [0.5, 0.6) is 0 Å². The molecule has 0 aliphatic heterocycles. The fourth-order valence-electron chi connectivity index (χ4n) is 1.56. The van der Waals surface area contributed by atoms with E-state index in [0.29, 0.717) is 5.56 Å². The highest BCUT2D eigenvalue weighted by Crippen LogP contribution is 2.28. The predicted octanol–water partition coefficient (Wildman–Crippen LogP) is 3.12. The van der Waals surface area contributed by atoms with Crippen LogP contribution in [0.4, 0.5) is 0 Å². The molecule has 0 bridgehead atoms. The average molecular weight is 287 g/mol. The molecule has 0 fully saturated rings. The van der Waals surface area contributed by atoms with E-state index < -0.39 is 0 Å². The van der Waals surface area contributed by atoms with Crippen LogP contribution in [0, 0.1) is 0 Å². The summed E-state index contributed by atoms with van der Waals surface area (Å²) < 4.78 is 2.48. The number of thiophene rings is 2. The van der Waals surface area contributed by atoms with Crippen molar-refractivity contribution in [1.82, 2.24) is 10.4 Å². The number of carbonyl (C=O) groups excluding carboxylic acids is 1. The van der Waals surface area contributed by atoms with Gasteiger partial charge in [0.05, 0.1) is 11.8 Å². The van der Waals surface area contributed by atoms with Crippen LogP contribution in [0.15, 0.2) is 47.1 Å². The fraction of sp³-hybridized carbons (Fsp3) is 0. The Morgan fingerprint density at radius 3 is 3.11 bits per heavy atom. The van der Waals surface area contributed by atoms with Gasteiger partial charge in [0.1, 0.15) is 0 Å². The molecule has 0 aliphatic rings. The number of hydrogen-bond donors (Lipinski definition) is 1. The van der Waals surface area contributed by atoms with Gasteiger partial charge in [-0.15, -0.1) is 22.7 Å². The van der Waals surface area contributed by atoms with E-state index >= 15 is 0 Å². The van der Waals surface area contributed by atoms with Gasteiger partial charge in [-0.3, -0.25) is 9.78 Å². The number of nitrogens with one attached hydrogen (secondary N) is 1. The first-order chi connectivity index (χ1) is 9.33. The lowest BCUT2D eigenvalue weighted by molar-refractivity contribution is 0.0955. The Hall–Kier alpha value is -2.05. The van der Waals surface area contributed by atoms with E-state index in [9.17, 15) is 4.79 Å².